The summed E-state index contributed by atoms with van der Waals surface area (Å²) < 4.78 is 1.63. The SMILES string of the molecule is Cn1nccc1C(=O)N1CCC[C@H](c2cccc(-c3cccc(Cl)c3)n2)C1. The van der Waals surface area contributed by atoms with E-state index in [9.17, 15) is 4.79 Å². The number of amides is 1. The lowest BCUT2D eigenvalue weighted by molar-refractivity contribution is 0.0694. The molecule has 1 saturated heterocycles. The van der Waals surface area contributed by atoms with Crippen LogP contribution >= 0.6 is 11.6 Å². The van der Waals surface area contributed by atoms with Gasteiger partial charge in [0.2, 0.25) is 0 Å². The fourth-order valence-electron chi connectivity index (χ4n) is 3.64. The Morgan fingerprint density at radius 3 is 2.81 bits per heavy atom. The van der Waals surface area contributed by atoms with Gasteiger partial charge in [-0.25, -0.2) is 0 Å². The minimum Gasteiger partial charge on any atom is -0.337 e. The average molecular weight is 381 g/mol. The first kappa shape index (κ1) is 17.7. The highest BCUT2D eigenvalue weighted by atomic mass is 35.5. The van der Waals surface area contributed by atoms with Gasteiger partial charge in [0, 0.05) is 48.5 Å². The number of carbonyl (C=O) groups excluding carboxylic acids is 1. The molecule has 2 aromatic heterocycles. The molecule has 1 atom stereocenters. The second-order valence-electron chi connectivity index (χ2n) is 6.89. The molecule has 4 rings (SSSR count). The molecule has 1 fully saturated rings. The zero-order chi connectivity index (χ0) is 18.8. The van der Waals surface area contributed by atoms with Crippen LogP contribution in [0.4, 0.5) is 0 Å². The summed E-state index contributed by atoms with van der Waals surface area (Å²) in [6, 6.07) is 15.6. The van der Waals surface area contributed by atoms with Gasteiger partial charge in [0.1, 0.15) is 5.69 Å². The van der Waals surface area contributed by atoms with Crippen molar-refractivity contribution >= 4 is 17.5 Å². The number of aryl methyl sites for hydroxylation is 1. The Balaban J connectivity index is 1.56. The average Bonchev–Trinajstić information content (AvgIpc) is 3.13. The van der Waals surface area contributed by atoms with E-state index >= 15 is 0 Å². The molecule has 27 heavy (non-hydrogen) atoms. The summed E-state index contributed by atoms with van der Waals surface area (Å²) >= 11 is 6.12. The molecule has 5 nitrogen and oxygen atoms in total. The molecular formula is C21H21ClN4O. The van der Waals surface area contributed by atoms with Gasteiger partial charge in [-0.05, 0) is 43.2 Å². The summed E-state index contributed by atoms with van der Waals surface area (Å²) in [5.41, 5.74) is 3.55. The van der Waals surface area contributed by atoms with Crippen LogP contribution in [0.3, 0.4) is 0 Å². The van der Waals surface area contributed by atoms with Crippen LogP contribution in [0.5, 0.6) is 0 Å². The molecule has 0 saturated carbocycles. The number of hydrogen-bond donors (Lipinski definition) is 0. The van der Waals surface area contributed by atoms with E-state index in [-0.39, 0.29) is 11.8 Å². The number of aromatic nitrogens is 3. The second kappa shape index (κ2) is 7.53. The summed E-state index contributed by atoms with van der Waals surface area (Å²) in [6.45, 7) is 1.45. The van der Waals surface area contributed by atoms with Crippen LogP contribution in [0.1, 0.15) is 34.9 Å². The quantitative estimate of drug-likeness (QED) is 0.685. The number of piperidine rings is 1. The normalized spacial score (nSPS) is 17.1. The van der Waals surface area contributed by atoms with E-state index in [4.69, 9.17) is 16.6 Å². The standard InChI is InChI=1S/C21H21ClN4O/c1-25-20(10-11-23-25)21(27)26-12-4-6-16(14-26)19-9-3-8-18(24-19)15-5-2-7-17(22)13-15/h2-3,5,7-11,13,16H,4,6,12,14H2,1H3/t16-/m0/s1. The zero-order valence-corrected chi connectivity index (χ0v) is 15.9. The van der Waals surface area contributed by atoms with Crippen molar-refractivity contribution in [2.45, 2.75) is 18.8 Å². The van der Waals surface area contributed by atoms with Gasteiger partial charge in [-0.3, -0.25) is 14.5 Å². The lowest BCUT2D eigenvalue weighted by atomic mass is 9.93. The first-order valence-electron chi connectivity index (χ1n) is 9.12. The van der Waals surface area contributed by atoms with E-state index in [1.165, 1.54) is 0 Å². The van der Waals surface area contributed by atoms with Crippen molar-refractivity contribution in [1.82, 2.24) is 19.7 Å². The molecule has 1 aliphatic rings. The van der Waals surface area contributed by atoms with E-state index in [1.54, 1.807) is 24.0 Å². The number of rotatable bonds is 3. The maximum atomic E-state index is 12.8. The van der Waals surface area contributed by atoms with Crippen molar-refractivity contribution in [3.63, 3.8) is 0 Å². The predicted molar refractivity (Wildman–Crippen MR) is 106 cm³/mol. The Labute approximate surface area is 163 Å². The van der Waals surface area contributed by atoms with Gasteiger partial charge in [-0.15, -0.1) is 0 Å². The summed E-state index contributed by atoms with van der Waals surface area (Å²) in [5.74, 6) is 0.265. The molecule has 3 aromatic rings. The Hall–Kier alpha value is -2.66. The minimum absolute atomic E-state index is 0.0331. The molecule has 1 aromatic carbocycles. The van der Waals surface area contributed by atoms with Crippen molar-refractivity contribution in [2.24, 2.45) is 7.05 Å². The molecule has 0 aliphatic carbocycles. The van der Waals surface area contributed by atoms with Gasteiger partial charge >= 0.3 is 0 Å². The topological polar surface area (TPSA) is 51.0 Å². The van der Waals surface area contributed by atoms with E-state index < -0.39 is 0 Å². The van der Waals surface area contributed by atoms with Crippen LogP contribution in [0, 0.1) is 0 Å². The first-order valence-corrected chi connectivity index (χ1v) is 9.50. The van der Waals surface area contributed by atoms with Crippen molar-refractivity contribution in [3.05, 3.63) is 71.1 Å². The highest BCUT2D eigenvalue weighted by Gasteiger charge is 2.27. The molecule has 0 unspecified atom stereocenters. The Morgan fingerprint density at radius 1 is 1.19 bits per heavy atom. The first-order chi connectivity index (χ1) is 13.1. The van der Waals surface area contributed by atoms with Crippen LogP contribution in [0.25, 0.3) is 11.3 Å². The molecule has 6 heteroatoms. The largest absolute Gasteiger partial charge is 0.337 e. The molecule has 1 amide bonds. The van der Waals surface area contributed by atoms with Crippen LogP contribution < -0.4 is 0 Å². The molecular weight excluding hydrogens is 360 g/mol. The fourth-order valence-corrected chi connectivity index (χ4v) is 3.83. The number of carbonyl (C=O) groups is 1. The van der Waals surface area contributed by atoms with Crippen LogP contribution in [-0.4, -0.2) is 38.7 Å². The predicted octanol–water partition coefficient (Wildman–Crippen LogP) is 4.16. The third-order valence-electron chi connectivity index (χ3n) is 5.06. The number of pyridine rings is 1. The van der Waals surface area contributed by atoms with Crippen molar-refractivity contribution in [1.29, 1.82) is 0 Å². The summed E-state index contributed by atoms with van der Waals surface area (Å²) in [7, 11) is 1.80. The summed E-state index contributed by atoms with van der Waals surface area (Å²) in [5, 5.41) is 4.81. The van der Waals surface area contributed by atoms with Crippen molar-refractivity contribution in [3.8, 4) is 11.3 Å². The molecule has 1 aliphatic heterocycles. The highest BCUT2D eigenvalue weighted by molar-refractivity contribution is 6.30. The lowest BCUT2D eigenvalue weighted by Gasteiger charge is -2.32. The van der Waals surface area contributed by atoms with E-state index in [2.05, 4.69) is 11.2 Å². The zero-order valence-electron chi connectivity index (χ0n) is 15.2. The highest BCUT2D eigenvalue weighted by Crippen LogP contribution is 2.29. The molecule has 0 spiro atoms. The van der Waals surface area contributed by atoms with Crippen molar-refractivity contribution in [2.75, 3.05) is 13.1 Å². The van der Waals surface area contributed by atoms with Crippen molar-refractivity contribution < 1.29 is 4.79 Å². The number of nitrogens with zero attached hydrogens (tertiary/aromatic N) is 4. The molecule has 138 valence electrons. The monoisotopic (exact) mass is 380 g/mol. The summed E-state index contributed by atoms with van der Waals surface area (Å²) in [6.07, 6.45) is 3.66. The lowest BCUT2D eigenvalue weighted by Crippen LogP contribution is -2.40. The Bertz CT molecular complexity index is 968. The number of benzene rings is 1. The molecule has 0 N–H and O–H groups in total. The Kier molecular flexibility index (Phi) is 4.94. The van der Waals surface area contributed by atoms with Gasteiger partial charge in [-0.1, -0.05) is 29.8 Å². The summed E-state index contributed by atoms with van der Waals surface area (Å²) in [4.78, 5) is 19.6. The molecule has 0 bridgehead atoms. The Morgan fingerprint density at radius 2 is 2.04 bits per heavy atom. The van der Waals surface area contributed by atoms with Gasteiger partial charge in [0.15, 0.2) is 0 Å². The van der Waals surface area contributed by atoms with Gasteiger partial charge in [-0.2, -0.15) is 5.10 Å². The molecule has 3 heterocycles. The van der Waals surface area contributed by atoms with E-state index in [0.717, 1.165) is 36.3 Å². The van der Waals surface area contributed by atoms with Crippen LogP contribution in [0.15, 0.2) is 54.7 Å². The minimum atomic E-state index is 0.0331. The maximum absolute atomic E-state index is 12.8. The van der Waals surface area contributed by atoms with Gasteiger partial charge < -0.3 is 4.90 Å². The van der Waals surface area contributed by atoms with Gasteiger partial charge in [0.05, 0.1) is 5.69 Å². The second-order valence-corrected chi connectivity index (χ2v) is 7.32. The third-order valence-corrected chi connectivity index (χ3v) is 5.29. The maximum Gasteiger partial charge on any atom is 0.272 e. The number of hydrogen-bond acceptors (Lipinski definition) is 3. The van der Waals surface area contributed by atoms with Crippen LogP contribution in [-0.2, 0) is 7.05 Å². The third kappa shape index (κ3) is 3.74. The van der Waals surface area contributed by atoms with E-state index in [1.807, 2.05) is 41.3 Å². The number of halogens is 1. The smallest absolute Gasteiger partial charge is 0.272 e. The van der Waals surface area contributed by atoms with Gasteiger partial charge in [0.25, 0.3) is 5.91 Å². The van der Waals surface area contributed by atoms with Crippen LogP contribution in [0.2, 0.25) is 5.02 Å². The fraction of sp³-hybridized carbons (Fsp3) is 0.286. The van der Waals surface area contributed by atoms with E-state index in [0.29, 0.717) is 17.3 Å². The number of likely N-dealkylation sites (tertiary alicyclic amines) is 1. The molecule has 0 radical (unpaired) electrons.